The van der Waals surface area contributed by atoms with Gasteiger partial charge in [-0.1, -0.05) is 0 Å². The first kappa shape index (κ1) is 37.0. The summed E-state index contributed by atoms with van der Waals surface area (Å²) in [6.07, 6.45) is 4.34. The van der Waals surface area contributed by atoms with Crippen molar-refractivity contribution < 1.29 is 55.2 Å². The zero-order chi connectivity index (χ0) is 38.3. The van der Waals surface area contributed by atoms with Crippen molar-refractivity contribution >= 4 is 12.0 Å². The first-order chi connectivity index (χ1) is 24.6. The van der Waals surface area contributed by atoms with E-state index in [4.69, 9.17) is 9.47 Å². The van der Waals surface area contributed by atoms with Crippen LogP contribution in [0.5, 0.6) is 5.75 Å². The average Bonchev–Trinajstić information content (AvgIpc) is 3.64. The summed E-state index contributed by atoms with van der Waals surface area (Å²) in [6, 6.07) is 2.68. The Balaban J connectivity index is 0.000000202. The molecule has 1 aromatic carbocycles. The molecule has 53 heavy (non-hydrogen) atoms. The molecule has 288 valence electrons. The minimum atomic E-state index is -4.85. The molecule has 0 saturated heterocycles. The first-order valence-electron chi connectivity index (χ1n) is 17.2. The van der Waals surface area contributed by atoms with Crippen LogP contribution in [0.2, 0.25) is 0 Å². The number of carbonyl (C=O) groups is 2. The number of hydrogen-bond donors (Lipinski definition) is 3. The number of hydrogen-bond acceptors (Lipinski definition) is 8. The molecule has 18 heteroatoms. The molecule has 12 nitrogen and oxygen atoms in total. The average molecular weight is 755 g/mol. The summed E-state index contributed by atoms with van der Waals surface area (Å²) in [4.78, 5) is 32.3. The standard InChI is InChI=1S/C22H21F6N3O4.C13H19N3O2/c23-21(24,25)13-2-3-14(16(32)6-13)15-7-31(12-29-15)19-9-18(10-19,11-19)30-17(33)8-34-20(4-1-5-20)35-22(26,27)28;1-11(2,3)18-10(17)15-12-6-13(7-12,8-12)16-5-4-14-9-16/h2-3,6-7,12,32H,1,4-5,8-11H2,(H,30,33);4-5,9H,6-8H2,1-3H3,(H,15,17). The van der Waals surface area contributed by atoms with Crippen molar-refractivity contribution in [3.63, 3.8) is 0 Å². The van der Waals surface area contributed by atoms with Crippen molar-refractivity contribution in [3.8, 4) is 17.0 Å². The molecule has 0 aliphatic heterocycles. The van der Waals surface area contributed by atoms with Crippen LogP contribution in [-0.4, -0.2) is 71.6 Å². The number of phenolic OH excluding ortho intramolecular Hbond substituents is 1. The molecular formula is C35H40F6N6O6. The Hall–Kier alpha value is -4.32. The molecule has 2 amide bonds. The number of ether oxygens (including phenoxy) is 3. The highest BCUT2D eigenvalue weighted by molar-refractivity contribution is 5.79. The molecule has 0 atom stereocenters. The van der Waals surface area contributed by atoms with Gasteiger partial charge in [0.1, 0.15) is 18.0 Å². The van der Waals surface area contributed by atoms with E-state index in [0.717, 1.165) is 31.4 Å². The molecule has 7 aliphatic carbocycles. The highest BCUT2D eigenvalue weighted by atomic mass is 19.4. The monoisotopic (exact) mass is 754 g/mol. The fourth-order valence-corrected chi connectivity index (χ4v) is 8.47. The number of phenols is 1. The highest BCUT2D eigenvalue weighted by Gasteiger charge is 2.70. The summed E-state index contributed by atoms with van der Waals surface area (Å²) in [5.41, 5.74) is -1.58. The Kier molecular flexibility index (Phi) is 8.45. The largest absolute Gasteiger partial charge is 0.524 e. The van der Waals surface area contributed by atoms with Crippen LogP contribution in [-0.2, 0) is 36.3 Å². The SMILES string of the molecule is CC(C)(C)OC(=O)NC12CC(n3ccnc3)(C1)C2.O=C(COC1(OC(F)(F)F)CCC1)NC12CC(n3cnc(-c4ccc(C(F)(F)F)cc4O)c3)(C1)C2. The number of halogens is 6. The van der Waals surface area contributed by atoms with Crippen LogP contribution in [0.4, 0.5) is 31.1 Å². The van der Waals surface area contributed by atoms with E-state index < -0.39 is 53.3 Å². The number of amides is 2. The summed E-state index contributed by atoms with van der Waals surface area (Å²) >= 11 is 0. The van der Waals surface area contributed by atoms with Gasteiger partial charge in [0.2, 0.25) is 5.91 Å². The summed E-state index contributed by atoms with van der Waals surface area (Å²) in [6.45, 7) is 5.08. The van der Waals surface area contributed by atoms with Gasteiger partial charge >= 0.3 is 18.6 Å². The van der Waals surface area contributed by atoms with E-state index >= 15 is 0 Å². The zero-order valence-corrected chi connectivity index (χ0v) is 29.2. The minimum Gasteiger partial charge on any atom is -0.507 e. The molecular weight excluding hydrogens is 714 g/mol. The van der Waals surface area contributed by atoms with Crippen LogP contribution in [0.3, 0.4) is 0 Å². The molecule has 7 fully saturated rings. The molecule has 0 unspecified atom stereocenters. The summed E-state index contributed by atoms with van der Waals surface area (Å²) in [7, 11) is 0. The Labute approximate surface area is 300 Å². The van der Waals surface area contributed by atoms with E-state index in [1.54, 1.807) is 12.4 Å². The van der Waals surface area contributed by atoms with E-state index in [2.05, 4.69) is 29.9 Å². The smallest absolute Gasteiger partial charge is 0.507 e. The van der Waals surface area contributed by atoms with Crippen LogP contribution in [0.1, 0.15) is 84.1 Å². The summed E-state index contributed by atoms with van der Waals surface area (Å²) in [5, 5.41) is 15.9. The van der Waals surface area contributed by atoms with Gasteiger partial charge in [-0.2, -0.15) is 13.2 Å². The molecule has 2 heterocycles. The van der Waals surface area contributed by atoms with E-state index in [1.807, 2.05) is 37.9 Å². The maximum atomic E-state index is 12.8. The summed E-state index contributed by atoms with van der Waals surface area (Å²) in [5.74, 6) is -2.87. The van der Waals surface area contributed by atoms with Crippen LogP contribution in [0.25, 0.3) is 11.3 Å². The van der Waals surface area contributed by atoms with Gasteiger partial charge in [0, 0.05) is 42.5 Å². The molecule has 2 aromatic heterocycles. The quantitative estimate of drug-likeness (QED) is 0.166. The number of nitrogens with zero attached hydrogens (tertiary/aromatic N) is 4. The van der Waals surface area contributed by atoms with E-state index in [9.17, 15) is 41.0 Å². The van der Waals surface area contributed by atoms with Crippen LogP contribution in [0.15, 0.2) is 49.4 Å². The third kappa shape index (κ3) is 7.18. The predicted molar refractivity (Wildman–Crippen MR) is 173 cm³/mol. The lowest BCUT2D eigenvalue weighted by Crippen LogP contribution is -2.78. The second-order valence-corrected chi connectivity index (χ2v) is 16.2. The molecule has 3 aromatic rings. The third-order valence-electron chi connectivity index (χ3n) is 10.8. The van der Waals surface area contributed by atoms with Crippen LogP contribution in [0, 0.1) is 0 Å². The number of carbonyl (C=O) groups excluding carboxylic acids is 2. The lowest BCUT2D eigenvalue weighted by Gasteiger charge is -2.70. The Morgan fingerprint density at radius 1 is 0.906 bits per heavy atom. The van der Waals surface area contributed by atoms with Crippen molar-refractivity contribution in [2.24, 2.45) is 0 Å². The zero-order valence-electron chi connectivity index (χ0n) is 29.2. The van der Waals surface area contributed by atoms with Crippen molar-refractivity contribution in [1.82, 2.24) is 29.7 Å². The van der Waals surface area contributed by atoms with Crippen LogP contribution < -0.4 is 10.6 Å². The van der Waals surface area contributed by atoms with Crippen LogP contribution >= 0.6 is 0 Å². The molecule has 10 rings (SSSR count). The molecule has 0 spiro atoms. The number of alkyl carbamates (subject to hydrolysis) is 1. The van der Waals surface area contributed by atoms with Gasteiger partial charge in [0.05, 0.1) is 40.5 Å². The number of imidazole rings is 2. The molecule has 4 bridgehead atoms. The highest BCUT2D eigenvalue weighted by Crippen LogP contribution is 2.66. The van der Waals surface area contributed by atoms with Gasteiger partial charge in [-0.3, -0.25) is 9.53 Å². The first-order valence-corrected chi connectivity index (χ1v) is 17.2. The Bertz CT molecular complexity index is 1840. The van der Waals surface area contributed by atoms with Crippen molar-refractivity contribution in [3.05, 3.63) is 55.0 Å². The fraction of sp³-hybridized carbons (Fsp3) is 0.600. The van der Waals surface area contributed by atoms with Gasteiger partial charge in [-0.15, -0.1) is 13.2 Å². The number of aromatic nitrogens is 4. The van der Waals surface area contributed by atoms with E-state index in [1.165, 1.54) is 6.33 Å². The maximum absolute atomic E-state index is 12.8. The number of alkyl halides is 6. The second kappa shape index (κ2) is 12.1. The number of nitrogens with one attached hydrogen (secondary N) is 2. The van der Waals surface area contributed by atoms with Gasteiger partial charge in [-0.25, -0.2) is 14.8 Å². The lowest BCUT2D eigenvalue weighted by molar-refractivity contribution is -0.432. The molecule has 3 N–H and O–H groups in total. The molecule has 7 aliphatic rings. The molecule has 0 radical (unpaired) electrons. The van der Waals surface area contributed by atoms with E-state index in [0.29, 0.717) is 37.4 Å². The molecule has 7 saturated carbocycles. The fourth-order valence-electron chi connectivity index (χ4n) is 8.47. The normalized spacial score (nSPS) is 29.1. The predicted octanol–water partition coefficient (Wildman–Crippen LogP) is 6.49. The van der Waals surface area contributed by atoms with Crippen molar-refractivity contribution in [2.45, 2.75) is 125 Å². The second-order valence-electron chi connectivity index (χ2n) is 16.2. The maximum Gasteiger partial charge on any atom is 0.524 e. The Morgan fingerprint density at radius 3 is 2.04 bits per heavy atom. The summed E-state index contributed by atoms with van der Waals surface area (Å²) < 4.78 is 94.6. The number of rotatable bonds is 9. The lowest BCUT2D eigenvalue weighted by atomic mass is 9.44. The number of aromatic hydroxyl groups is 1. The van der Waals surface area contributed by atoms with Gasteiger partial charge in [0.15, 0.2) is 5.79 Å². The van der Waals surface area contributed by atoms with Gasteiger partial charge in [-0.05, 0) is 83.9 Å². The minimum absolute atomic E-state index is 0.0351. The van der Waals surface area contributed by atoms with Gasteiger partial charge < -0.3 is 34.3 Å². The van der Waals surface area contributed by atoms with Crippen molar-refractivity contribution in [1.29, 1.82) is 0 Å². The Morgan fingerprint density at radius 2 is 1.53 bits per heavy atom. The third-order valence-corrected chi connectivity index (χ3v) is 10.8. The van der Waals surface area contributed by atoms with Gasteiger partial charge in [0.25, 0.3) is 0 Å². The van der Waals surface area contributed by atoms with Crippen molar-refractivity contribution in [2.75, 3.05) is 6.61 Å². The number of benzene rings is 1. The van der Waals surface area contributed by atoms with E-state index in [-0.39, 0.29) is 41.1 Å². The topological polar surface area (TPSA) is 142 Å².